The molecule has 1 aliphatic carbocycles. The number of carbonyl (C=O) groups is 2. The highest BCUT2D eigenvalue weighted by Crippen LogP contribution is 2.30. The number of aryl methyl sites for hydroxylation is 1. The molecule has 0 spiro atoms. The first-order valence-corrected chi connectivity index (χ1v) is 10.4. The molecule has 1 saturated carbocycles. The monoisotopic (exact) mass is 416 g/mol. The van der Waals surface area contributed by atoms with Crippen molar-refractivity contribution < 1.29 is 27.3 Å². The van der Waals surface area contributed by atoms with E-state index in [4.69, 9.17) is 4.18 Å². The van der Waals surface area contributed by atoms with Crippen LogP contribution in [0.5, 0.6) is 5.75 Å². The van der Waals surface area contributed by atoms with Crippen LogP contribution in [-0.2, 0) is 14.9 Å². The molecule has 0 heterocycles. The summed E-state index contributed by atoms with van der Waals surface area (Å²) in [6.45, 7) is 1.64. The Balaban J connectivity index is 1.96. The molecular weight excluding hydrogens is 396 g/mol. The number of Topliss-reactive ketones (excluding diaryl/α,β-unsaturated/α-hetero) is 1. The van der Waals surface area contributed by atoms with Crippen LogP contribution >= 0.6 is 0 Å². The van der Waals surface area contributed by atoms with Crippen LogP contribution in [-0.4, -0.2) is 31.0 Å². The van der Waals surface area contributed by atoms with Crippen LogP contribution in [0.15, 0.2) is 52.5 Å². The van der Waals surface area contributed by atoms with E-state index in [0.29, 0.717) is 24.1 Å². The summed E-state index contributed by atoms with van der Waals surface area (Å²) in [5, 5.41) is 13.3. The third kappa shape index (κ3) is 4.80. The number of nitrogens with one attached hydrogen (secondary N) is 1. The molecule has 3 rings (SSSR count). The largest absolute Gasteiger partial charge is 0.478 e. The Morgan fingerprint density at radius 1 is 1.14 bits per heavy atom. The van der Waals surface area contributed by atoms with E-state index >= 15 is 0 Å². The van der Waals surface area contributed by atoms with Crippen molar-refractivity contribution in [2.45, 2.75) is 37.5 Å². The molecule has 0 saturated heterocycles. The van der Waals surface area contributed by atoms with Crippen molar-refractivity contribution in [1.29, 1.82) is 0 Å². The smallest absolute Gasteiger partial charge is 0.339 e. The SMILES string of the molecule is Cc1ccccc1S(=O)(=O)Oc1ccc(C(=O)O)cc1NN=C1CCCCC1=O. The molecule has 0 radical (unpaired) electrons. The molecule has 9 heteroatoms. The summed E-state index contributed by atoms with van der Waals surface area (Å²) in [5.74, 6) is -1.40. The van der Waals surface area contributed by atoms with E-state index in [1.807, 2.05) is 0 Å². The van der Waals surface area contributed by atoms with Gasteiger partial charge in [-0.1, -0.05) is 18.2 Å². The van der Waals surface area contributed by atoms with Gasteiger partial charge in [-0.3, -0.25) is 10.2 Å². The number of benzene rings is 2. The number of nitrogens with zero attached hydrogens (tertiary/aromatic N) is 1. The fourth-order valence-corrected chi connectivity index (χ4v) is 4.11. The Kier molecular flexibility index (Phi) is 5.97. The second-order valence-electron chi connectivity index (χ2n) is 6.62. The molecule has 2 aromatic carbocycles. The molecule has 152 valence electrons. The molecule has 8 nitrogen and oxygen atoms in total. The molecule has 0 amide bonds. The highest BCUT2D eigenvalue weighted by Gasteiger charge is 2.22. The number of hydrogen-bond acceptors (Lipinski definition) is 7. The first-order valence-electron chi connectivity index (χ1n) is 9.01. The minimum absolute atomic E-state index is 0.00188. The Morgan fingerprint density at radius 3 is 2.55 bits per heavy atom. The minimum Gasteiger partial charge on any atom is -0.478 e. The molecule has 2 aromatic rings. The van der Waals surface area contributed by atoms with Crippen LogP contribution in [0.25, 0.3) is 0 Å². The van der Waals surface area contributed by atoms with Gasteiger partial charge in [-0.25, -0.2) is 4.79 Å². The first kappa shape index (κ1) is 20.5. The predicted octanol–water partition coefficient (Wildman–Crippen LogP) is 3.37. The van der Waals surface area contributed by atoms with E-state index in [2.05, 4.69) is 10.5 Å². The predicted molar refractivity (Wildman–Crippen MR) is 107 cm³/mol. The van der Waals surface area contributed by atoms with Crippen molar-refractivity contribution in [1.82, 2.24) is 0 Å². The average molecular weight is 416 g/mol. The van der Waals surface area contributed by atoms with Gasteiger partial charge in [-0.15, -0.1) is 0 Å². The summed E-state index contributed by atoms with van der Waals surface area (Å²) in [7, 11) is -4.16. The highest BCUT2D eigenvalue weighted by atomic mass is 32.2. The van der Waals surface area contributed by atoms with Gasteiger partial charge in [0.1, 0.15) is 16.3 Å². The van der Waals surface area contributed by atoms with E-state index in [1.54, 1.807) is 25.1 Å². The van der Waals surface area contributed by atoms with E-state index < -0.39 is 16.1 Å². The van der Waals surface area contributed by atoms with Crippen molar-refractivity contribution in [2.24, 2.45) is 5.10 Å². The third-order valence-electron chi connectivity index (χ3n) is 4.49. The molecular formula is C20H20N2O6S. The quantitative estimate of drug-likeness (QED) is 0.547. The summed E-state index contributed by atoms with van der Waals surface area (Å²) in [6.07, 6.45) is 2.53. The van der Waals surface area contributed by atoms with Gasteiger partial charge in [0, 0.05) is 6.42 Å². The lowest BCUT2D eigenvalue weighted by atomic mass is 9.97. The molecule has 2 N–H and O–H groups in total. The second-order valence-corrected chi connectivity index (χ2v) is 8.13. The summed E-state index contributed by atoms with van der Waals surface area (Å²) in [5.41, 5.74) is 3.42. The van der Waals surface area contributed by atoms with Crippen molar-refractivity contribution >= 4 is 33.3 Å². The number of ketones is 1. The first-order chi connectivity index (χ1) is 13.8. The van der Waals surface area contributed by atoms with Gasteiger partial charge in [0.2, 0.25) is 0 Å². The third-order valence-corrected chi connectivity index (χ3v) is 5.89. The van der Waals surface area contributed by atoms with Gasteiger partial charge in [0.05, 0.1) is 5.56 Å². The molecule has 29 heavy (non-hydrogen) atoms. The van der Waals surface area contributed by atoms with Crippen LogP contribution in [0.2, 0.25) is 0 Å². The molecule has 0 atom stereocenters. The standard InChI is InChI=1S/C20H20N2O6S/c1-13-6-2-5-9-19(13)29(26,27)28-18-11-10-14(20(24)25)12-16(18)22-21-15-7-3-4-8-17(15)23/h2,5-6,9-12,22H,3-4,7-8H2,1H3,(H,24,25). The zero-order chi connectivity index (χ0) is 21.0. The van der Waals surface area contributed by atoms with Crippen LogP contribution in [0, 0.1) is 6.92 Å². The summed E-state index contributed by atoms with van der Waals surface area (Å²) in [6, 6.07) is 10.0. The topological polar surface area (TPSA) is 122 Å². The maximum atomic E-state index is 12.7. The number of hydrogen-bond donors (Lipinski definition) is 2. The van der Waals surface area contributed by atoms with E-state index in [-0.39, 0.29) is 27.7 Å². The van der Waals surface area contributed by atoms with Gasteiger partial charge >= 0.3 is 16.1 Å². The Hall–Kier alpha value is -3.20. The zero-order valence-corrected chi connectivity index (χ0v) is 16.5. The lowest BCUT2D eigenvalue weighted by Crippen LogP contribution is -2.20. The molecule has 0 aliphatic heterocycles. The summed E-state index contributed by atoms with van der Waals surface area (Å²) < 4.78 is 30.7. The van der Waals surface area contributed by atoms with Gasteiger partial charge in [0.15, 0.2) is 11.5 Å². The number of anilines is 1. The normalized spacial score (nSPS) is 15.9. The number of hydrazone groups is 1. The molecule has 0 bridgehead atoms. The lowest BCUT2D eigenvalue weighted by molar-refractivity contribution is -0.113. The molecule has 0 unspecified atom stereocenters. The number of carbonyl (C=O) groups excluding carboxylic acids is 1. The van der Waals surface area contributed by atoms with Crippen molar-refractivity contribution in [3.8, 4) is 5.75 Å². The number of carboxylic acid groups (broad SMARTS) is 1. The van der Waals surface area contributed by atoms with E-state index in [9.17, 15) is 23.1 Å². The van der Waals surface area contributed by atoms with Gasteiger partial charge in [-0.2, -0.15) is 13.5 Å². The van der Waals surface area contributed by atoms with Crippen molar-refractivity contribution in [3.05, 3.63) is 53.6 Å². The maximum Gasteiger partial charge on any atom is 0.339 e. The van der Waals surface area contributed by atoms with Crippen LogP contribution < -0.4 is 9.61 Å². The lowest BCUT2D eigenvalue weighted by Gasteiger charge is -2.15. The van der Waals surface area contributed by atoms with E-state index in [0.717, 1.165) is 12.8 Å². The fraction of sp³-hybridized carbons (Fsp3) is 0.250. The van der Waals surface area contributed by atoms with Gasteiger partial charge in [0.25, 0.3) is 0 Å². The Morgan fingerprint density at radius 2 is 1.86 bits per heavy atom. The van der Waals surface area contributed by atoms with Crippen LogP contribution in [0.1, 0.15) is 41.6 Å². The van der Waals surface area contributed by atoms with E-state index in [1.165, 1.54) is 24.3 Å². The molecule has 1 fully saturated rings. The Bertz CT molecular complexity index is 1090. The zero-order valence-electron chi connectivity index (χ0n) is 15.7. The summed E-state index contributed by atoms with van der Waals surface area (Å²) >= 11 is 0. The summed E-state index contributed by atoms with van der Waals surface area (Å²) in [4.78, 5) is 23.2. The van der Waals surface area contributed by atoms with Gasteiger partial charge in [-0.05, 0) is 56.0 Å². The second kappa shape index (κ2) is 8.44. The van der Waals surface area contributed by atoms with Gasteiger partial charge < -0.3 is 9.29 Å². The number of aromatic carboxylic acids is 1. The van der Waals surface area contributed by atoms with Crippen LogP contribution in [0.4, 0.5) is 5.69 Å². The van der Waals surface area contributed by atoms with Crippen LogP contribution in [0.3, 0.4) is 0 Å². The fourth-order valence-electron chi connectivity index (χ4n) is 2.93. The highest BCUT2D eigenvalue weighted by molar-refractivity contribution is 7.87. The molecule has 1 aliphatic rings. The van der Waals surface area contributed by atoms with Crippen molar-refractivity contribution in [3.63, 3.8) is 0 Å². The number of rotatable bonds is 6. The van der Waals surface area contributed by atoms with Crippen molar-refractivity contribution in [2.75, 3.05) is 5.43 Å². The minimum atomic E-state index is -4.16. The molecule has 0 aromatic heterocycles. The number of carboxylic acids is 1. The maximum absolute atomic E-state index is 12.7. The Labute approximate surface area is 168 Å². The average Bonchev–Trinajstić information content (AvgIpc) is 2.68.